The lowest BCUT2D eigenvalue weighted by Crippen LogP contribution is -2.27. The van der Waals surface area contributed by atoms with Crippen LogP contribution in [0.25, 0.3) is 22.5 Å². The lowest BCUT2D eigenvalue weighted by molar-refractivity contribution is -0.116. The first kappa shape index (κ1) is 22.0. The molecule has 1 aliphatic rings. The van der Waals surface area contributed by atoms with Crippen molar-refractivity contribution in [2.24, 2.45) is 0 Å². The highest BCUT2D eigenvalue weighted by molar-refractivity contribution is 7.99. The number of imidazole rings is 1. The van der Waals surface area contributed by atoms with Crippen molar-refractivity contribution in [2.75, 3.05) is 17.7 Å². The molecule has 2 aromatic heterocycles. The van der Waals surface area contributed by atoms with E-state index in [4.69, 9.17) is 4.74 Å². The third-order valence-corrected chi connectivity index (χ3v) is 6.39. The number of aromatic nitrogens is 4. The van der Waals surface area contributed by atoms with Gasteiger partial charge in [0.15, 0.2) is 5.16 Å². The molecule has 1 amide bonds. The monoisotopic (exact) mass is 473 g/mol. The minimum absolute atomic E-state index is 0.123. The molecule has 8 nitrogen and oxygen atoms in total. The SMILES string of the molecule is CCOc1ccc(-c2cc(=O)n(CC(=O)Nc3ccc(-c4cn5c(n4)SCC5)cc3)cn2)cc1. The minimum atomic E-state index is -0.303. The number of hydrogen-bond donors (Lipinski definition) is 1. The van der Waals surface area contributed by atoms with E-state index in [1.165, 1.54) is 17.0 Å². The Hall–Kier alpha value is -3.85. The van der Waals surface area contributed by atoms with Gasteiger partial charge in [-0.05, 0) is 43.3 Å². The highest BCUT2D eigenvalue weighted by Gasteiger charge is 2.15. The van der Waals surface area contributed by atoms with Gasteiger partial charge in [-0.25, -0.2) is 9.97 Å². The van der Waals surface area contributed by atoms with Crippen LogP contribution >= 0.6 is 11.8 Å². The number of aryl methyl sites for hydroxylation is 1. The Bertz CT molecular complexity index is 1360. The molecule has 1 aliphatic heterocycles. The first-order valence-electron chi connectivity index (χ1n) is 11.0. The van der Waals surface area contributed by atoms with Crippen molar-refractivity contribution in [1.29, 1.82) is 0 Å². The van der Waals surface area contributed by atoms with Gasteiger partial charge in [-0.15, -0.1) is 0 Å². The molecule has 1 N–H and O–H groups in total. The Kier molecular flexibility index (Phi) is 6.18. The predicted molar refractivity (Wildman–Crippen MR) is 132 cm³/mol. The van der Waals surface area contributed by atoms with E-state index in [-0.39, 0.29) is 18.0 Å². The Morgan fingerprint density at radius 1 is 1.09 bits per heavy atom. The van der Waals surface area contributed by atoms with E-state index in [1.54, 1.807) is 11.8 Å². The van der Waals surface area contributed by atoms with Crippen LogP contribution in [0.5, 0.6) is 5.75 Å². The number of benzene rings is 2. The highest BCUT2D eigenvalue weighted by atomic mass is 32.2. The maximum absolute atomic E-state index is 12.5. The van der Waals surface area contributed by atoms with Crippen LogP contribution < -0.4 is 15.6 Å². The third kappa shape index (κ3) is 4.74. The van der Waals surface area contributed by atoms with E-state index in [1.807, 2.05) is 55.5 Å². The fourth-order valence-electron chi connectivity index (χ4n) is 3.72. The van der Waals surface area contributed by atoms with E-state index < -0.39 is 0 Å². The number of carbonyl (C=O) groups is 1. The number of fused-ring (bicyclic) bond motifs is 1. The van der Waals surface area contributed by atoms with Crippen molar-refractivity contribution >= 4 is 23.4 Å². The molecule has 0 atom stereocenters. The van der Waals surface area contributed by atoms with Gasteiger partial charge in [0, 0.05) is 41.4 Å². The molecule has 5 rings (SSSR count). The minimum Gasteiger partial charge on any atom is -0.494 e. The summed E-state index contributed by atoms with van der Waals surface area (Å²) in [4.78, 5) is 34.0. The summed E-state index contributed by atoms with van der Waals surface area (Å²) in [6.45, 7) is 3.37. The lowest BCUT2D eigenvalue weighted by Gasteiger charge is -2.09. The van der Waals surface area contributed by atoms with Crippen LogP contribution in [-0.2, 0) is 17.9 Å². The zero-order valence-corrected chi connectivity index (χ0v) is 19.4. The Balaban J connectivity index is 1.22. The van der Waals surface area contributed by atoms with Crippen molar-refractivity contribution in [2.45, 2.75) is 25.2 Å². The molecular formula is C25H23N5O3S. The molecule has 0 fully saturated rings. The maximum atomic E-state index is 12.5. The predicted octanol–water partition coefficient (Wildman–Crippen LogP) is 3.92. The van der Waals surface area contributed by atoms with Gasteiger partial charge in [0.2, 0.25) is 5.91 Å². The van der Waals surface area contributed by atoms with E-state index in [0.29, 0.717) is 18.0 Å². The number of nitrogens with zero attached hydrogens (tertiary/aromatic N) is 4. The molecule has 0 saturated carbocycles. The summed E-state index contributed by atoms with van der Waals surface area (Å²) in [7, 11) is 0. The van der Waals surface area contributed by atoms with Gasteiger partial charge >= 0.3 is 0 Å². The van der Waals surface area contributed by atoms with Crippen LogP contribution in [0.4, 0.5) is 5.69 Å². The zero-order valence-electron chi connectivity index (χ0n) is 18.6. The Morgan fingerprint density at radius 2 is 1.82 bits per heavy atom. The second kappa shape index (κ2) is 9.56. The second-order valence-electron chi connectivity index (χ2n) is 7.77. The molecule has 34 heavy (non-hydrogen) atoms. The molecular weight excluding hydrogens is 450 g/mol. The fraction of sp³-hybridized carbons (Fsp3) is 0.200. The molecule has 0 spiro atoms. The molecule has 9 heteroatoms. The van der Waals surface area contributed by atoms with E-state index in [2.05, 4.69) is 26.0 Å². The van der Waals surface area contributed by atoms with Gasteiger partial charge in [-0.1, -0.05) is 23.9 Å². The van der Waals surface area contributed by atoms with Crippen LogP contribution in [0.3, 0.4) is 0 Å². The molecule has 0 saturated heterocycles. The number of anilines is 1. The Labute approximate surface area is 200 Å². The van der Waals surface area contributed by atoms with Crippen molar-refractivity contribution in [3.8, 4) is 28.3 Å². The number of rotatable bonds is 7. The number of ether oxygens (including phenoxy) is 1. The summed E-state index contributed by atoms with van der Waals surface area (Å²) in [6.07, 6.45) is 3.45. The summed E-state index contributed by atoms with van der Waals surface area (Å²) in [6, 6.07) is 16.3. The molecule has 2 aromatic carbocycles. The molecule has 4 aromatic rings. The van der Waals surface area contributed by atoms with Crippen molar-refractivity contribution < 1.29 is 9.53 Å². The number of hydrogen-bond acceptors (Lipinski definition) is 6. The molecule has 0 aliphatic carbocycles. The fourth-order valence-corrected chi connectivity index (χ4v) is 4.66. The summed E-state index contributed by atoms with van der Waals surface area (Å²) < 4.78 is 8.88. The normalized spacial score (nSPS) is 12.4. The average Bonchev–Trinajstić information content (AvgIpc) is 3.44. The summed E-state index contributed by atoms with van der Waals surface area (Å²) in [5.74, 6) is 1.52. The second-order valence-corrected chi connectivity index (χ2v) is 8.84. The number of amides is 1. The molecule has 3 heterocycles. The van der Waals surface area contributed by atoms with Gasteiger partial charge in [-0.2, -0.15) is 0 Å². The molecule has 172 valence electrons. The van der Waals surface area contributed by atoms with Gasteiger partial charge in [0.1, 0.15) is 12.3 Å². The maximum Gasteiger partial charge on any atom is 0.254 e. The smallest absolute Gasteiger partial charge is 0.254 e. The molecule has 0 radical (unpaired) electrons. The van der Waals surface area contributed by atoms with E-state index in [9.17, 15) is 9.59 Å². The highest BCUT2D eigenvalue weighted by Crippen LogP contribution is 2.29. The number of thioether (sulfide) groups is 1. The van der Waals surface area contributed by atoms with Gasteiger partial charge < -0.3 is 14.6 Å². The topological polar surface area (TPSA) is 91.0 Å². The molecule has 0 unspecified atom stereocenters. The van der Waals surface area contributed by atoms with Crippen LogP contribution in [0, 0.1) is 0 Å². The summed E-state index contributed by atoms with van der Waals surface area (Å²) in [5, 5.41) is 3.87. The zero-order chi connectivity index (χ0) is 23.5. The standard InChI is InChI=1S/C25H23N5O3S/c1-2-33-20-9-5-17(6-10-20)21-13-24(32)30(16-26-21)15-23(31)27-19-7-3-18(4-8-19)22-14-29-11-12-34-25(29)28-22/h3-10,13-14,16H,2,11-12,15H2,1H3,(H,27,31). The van der Waals surface area contributed by atoms with Crippen molar-refractivity contribution in [1.82, 2.24) is 19.1 Å². The van der Waals surface area contributed by atoms with E-state index in [0.717, 1.165) is 40.0 Å². The van der Waals surface area contributed by atoms with Crippen LogP contribution in [0.1, 0.15) is 6.92 Å². The summed E-state index contributed by atoms with van der Waals surface area (Å²) >= 11 is 1.76. The van der Waals surface area contributed by atoms with Crippen LogP contribution in [0.2, 0.25) is 0 Å². The number of nitrogens with one attached hydrogen (secondary N) is 1. The first-order chi connectivity index (χ1) is 16.6. The third-order valence-electron chi connectivity index (χ3n) is 5.42. The summed E-state index contributed by atoms with van der Waals surface area (Å²) in [5.41, 5.74) is 3.62. The van der Waals surface area contributed by atoms with Gasteiger partial charge in [0.05, 0.1) is 24.3 Å². The van der Waals surface area contributed by atoms with Gasteiger partial charge in [0.25, 0.3) is 5.56 Å². The van der Waals surface area contributed by atoms with Crippen molar-refractivity contribution in [3.63, 3.8) is 0 Å². The molecule has 0 bridgehead atoms. The average molecular weight is 474 g/mol. The van der Waals surface area contributed by atoms with Crippen LogP contribution in [0.15, 0.2) is 77.1 Å². The largest absolute Gasteiger partial charge is 0.494 e. The van der Waals surface area contributed by atoms with Crippen molar-refractivity contribution in [3.05, 3.63) is 77.5 Å². The quantitative estimate of drug-likeness (QED) is 0.438. The Morgan fingerprint density at radius 3 is 2.53 bits per heavy atom. The lowest BCUT2D eigenvalue weighted by atomic mass is 10.1. The number of carbonyl (C=O) groups excluding carboxylic acids is 1. The van der Waals surface area contributed by atoms with Crippen LogP contribution in [-0.4, -0.2) is 37.4 Å². The van der Waals surface area contributed by atoms with Gasteiger partial charge in [-0.3, -0.25) is 14.2 Å². The first-order valence-corrected chi connectivity index (χ1v) is 12.0. The van der Waals surface area contributed by atoms with E-state index >= 15 is 0 Å².